The largest absolute Gasteiger partial charge is 1.00 e. The molecule has 0 spiro atoms. The van der Waals surface area contributed by atoms with Crippen LogP contribution in [0.3, 0.4) is 0 Å². The fourth-order valence-corrected chi connectivity index (χ4v) is 9.79. The van der Waals surface area contributed by atoms with Gasteiger partial charge in [0.05, 0.1) is 38.4 Å². The van der Waals surface area contributed by atoms with Gasteiger partial charge in [0.15, 0.2) is 31.5 Å². The number of carboxylic acids is 2. The van der Waals surface area contributed by atoms with Gasteiger partial charge in [-0.05, 0) is 22.4 Å². The summed E-state index contributed by atoms with van der Waals surface area (Å²) in [5, 5.41) is 154. The van der Waals surface area contributed by atoms with Crippen molar-refractivity contribution in [3.63, 3.8) is 0 Å². The number of ether oxygens (including phenoxy) is 10. The molecule has 5 fully saturated rings. The molecule has 2 aromatic rings. The number of fused-ring (bicyclic) bond motifs is 1. The average Bonchev–Trinajstić information content (AvgIpc) is 3.58. The fraction of sp³-hybridized carbons (Fsp3) is 0.681. The van der Waals surface area contributed by atoms with Crippen molar-refractivity contribution in [3.8, 4) is 0 Å². The number of carbonyl (C=O) groups is 5. The molecule has 5 aliphatic heterocycles. The molecule has 14 N–H and O–H groups in total. The third-order valence-electron chi connectivity index (χ3n) is 13.6. The predicted octanol–water partition coefficient (Wildman–Crippen LogP) is -16.6. The van der Waals surface area contributed by atoms with Crippen LogP contribution in [-0.4, -0.2) is 259 Å². The van der Waals surface area contributed by atoms with Gasteiger partial charge in [-0.25, -0.2) is 0 Å². The molecule has 5 heterocycles. The standard InChI is InChI=1S/C47H65N3O28.2Na/c1-15(54)48-24-30(60)27(57)21(11-51)71-44(24)75-37-31(61)33(63)47(77-39(37)41(65)66)74-36-26(50-17(3)56)45(72-23(13-53)29(36)59)76-38-32(62)34(64)46(78-40(38)42(67)68)73-35-25(49-16(2)55)43(70-22(12-52)28(35)58)69-14-18-8-9-19-6-4-5-7-20(19)10-18;;/h4-10,21-40,43-47,51-53,57-64H,11-14H2,1-3H3,(H,48,54)(H,49,55)(H,50,56)(H,65,66)(H,67,68);;/q;2*+1/p-2/t21-,22-,23-,24-,25-,26-,27-,28-,29-,30-,31-,32-,33-,34-,35-,36-,37+,38+,39+,40+,43-,44+,45+,46-,47-;;/m1../s1. The zero-order valence-electron chi connectivity index (χ0n) is 43.7. The Hall–Kier alpha value is -2.79. The molecule has 0 aliphatic carbocycles. The van der Waals surface area contributed by atoms with Crippen molar-refractivity contribution in [2.45, 2.75) is 181 Å². The molecule has 0 bridgehead atoms. The molecule has 5 saturated heterocycles. The summed E-state index contributed by atoms with van der Waals surface area (Å²) < 4.78 is 57.3. The summed E-state index contributed by atoms with van der Waals surface area (Å²) in [6.07, 6.45) is -45.9. The van der Waals surface area contributed by atoms with E-state index in [4.69, 9.17) is 47.4 Å². The minimum absolute atomic E-state index is 0. The molecule has 436 valence electrons. The molecule has 7 rings (SSSR count). The van der Waals surface area contributed by atoms with E-state index >= 15 is 0 Å². The van der Waals surface area contributed by atoms with Gasteiger partial charge in [-0.3, -0.25) is 14.4 Å². The average molecular weight is 1160 g/mol. The molecule has 0 unspecified atom stereocenters. The maximum absolute atomic E-state index is 12.9. The molecule has 80 heavy (non-hydrogen) atoms. The molecular formula is C47H63N3Na2O28. The number of nitrogens with one attached hydrogen (secondary N) is 3. The summed E-state index contributed by atoms with van der Waals surface area (Å²) >= 11 is 0. The molecule has 3 amide bonds. The van der Waals surface area contributed by atoms with Gasteiger partial charge in [-0.2, -0.15) is 0 Å². The first-order valence-electron chi connectivity index (χ1n) is 24.5. The summed E-state index contributed by atoms with van der Waals surface area (Å²) in [6, 6.07) is 7.71. The molecule has 0 aromatic heterocycles. The maximum Gasteiger partial charge on any atom is 1.00 e. The van der Waals surface area contributed by atoms with E-state index in [0.717, 1.165) is 31.5 Å². The van der Waals surface area contributed by atoms with Crippen LogP contribution in [0, 0.1) is 0 Å². The summed E-state index contributed by atoms with van der Waals surface area (Å²) in [7, 11) is 0. The van der Waals surface area contributed by atoms with Crippen LogP contribution in [0.15, 0.2) is 42.5 Å². The minimum atomic E-state index is -2.49. The predicted molar refractivity (Wildman–Crippen MR) is 244 cm³/mol. The summed E-state index contributed by atoms with van der Waals surface area (Å²) in [4.78, 5) is 62.8. The Labute approximate surface area is 498 Å². The van der Waals surface area contributed by atoms with Crippen LogP contribution in [0.1, 0.15) is 26.3 Å². The van der Waals surface area contributed by atoms with E-state index in [9.17, 15) is 90.4 Å². The molecule has 31 nitrogen and oxygen atoms in total. The first-order valence-corrected chi connectivity index (χ1v) is 24.5. The van der Waals surface area contributed by atoms with E-state index in [1.807, 2.05) is 36.4 Å². The van der Waals surface area contributed by atoms with Crippen molar-refractivity contribution in [2.24, 2.45) is 0 Å². The van der Waals surface area contributed by atoms with Gasteiger partial charge in [0.2, 0.25) is 17.7 Å². The van der Waals surface area contributed by atoms with Gasteiger partial charge in [-0.1, -0.05) is 36.4 Å². The number of hydrogen-bond acceptors (Lipinski definition) is 28. The van der Waals surface area contributed by atoms with Crippen LogP contribution in [0.4, 0.5) is 0 Å². The van der Waals surface area contributed by atoms with Gasteiger partial charge in [0, 0.05) is 20.8 Å². The number of carboxylic acid groups (broad SMARTS) is 2. The van der Waals surface area contributed by atoms with Gasteiger partial charge >= 0.3 is 59.1 Å². The molecule has 5 aliphatic rings. The van der Waals surface area contributed by atoms with Gasteiger partial charge in [0.1, 0.15) is 122 Å². The van der Waals surface area contributed by atoms with E-state index in [1.165, 1.54) is 0 Å². The monoisotopic (exact) mass is 1160 g/mol. The third-order valence-corrected chi connectivity index (χ3v) is 13.6. The van der Waals surface area contributed by atoms with Gasteiger partial charge in [0.25, 0.3) is 0 Å². The Balaban J connectivity index is 0.00000588. The second-order valence-electron chi connectivity index (χ2n) is 19.2. The summed E-state index contributed by atoms with van der Waals surface area (Å²) in [5.41, 5.74) is 0.636. The van der Waals surface area contributed by atoms with Crippen molar-refractivity contribution in [1.29, 1.82) is 0 Å². The van der Waals surface area contributed by atoms with Crippen molar-refractivity contribution in [2.75, 3.05) is 19.8 Å². The van der Waals surface area contributed by atoms with Gasteiger partial charge < -0.3 is 139 Å². The molecule has 0 radical (unpaired) electrons. The minimum Gasteiger partial charge on any atom is -0.547 e. The van der Waals surface area contributed by atoms with Crippen molar-refractivity contribution >= 4 is 40.4 Å². The first kappa shape index (κ1) is 68.0. The van der Waals surface area contributed by atoms with Crippen molar-refractivity contribution < 1.29 is 197 Å². The maximum atomic E-state index is 12.9. The molecule has 33 heteroatoms. The Kier molecular flexibility index (Phi) is 25.4. The van der Waals surface area contributed by atoms with E-state index in [-0.39, 0.29) is 65.7 Å². The number of amides is 3. The van der Waals surface area contributed by atoms with E-state index in [0.29, 0.717) is 5.56 Å². The Morgan fingerprint density at radius 3 is 1.29 bits per heavy atom. The molecule has 2 aromatic carbocycles. The Bertz CT molecular complexity index is 2400. The Morgan fingerprint density at radius 1 is 0.463 bits per heavy atom. The van der Waals surface area contributed by atoms with Gasteiger partial charge in [-0.15, -0.1) is 0 Å². The smallest absolute Gasteiger partial charge is 0.547 e. The van der Waals surface area contributed by atoms with Crippen LogP contribution in [-0.2, 0) is 77.9 Å². The van der Waals surface area contributed by atoms with Crippen LogP contribution in [0.25, 0.3) is 10.8 Å². The first-order chi connectivity index (χ1) is 37.0. The molecular weight excluding hydrogens is 1100 g/mol. The van der Waals surface area contributed by atoms with Crippen LogP contribution >= 0.6 is 0 Å². The number of aliphatic carboxylic acids is 2. The Morgan fingerprint density at radius 2 is 0.850 bits per heavy atom. The topological polar surface area (TPSA) is 482 Å². The zero-order chi connectivity index (χ0) is 57.0. The van der Waals surface area contributed by atoms with E-state index in [2.05, 4.69) is 16.0 Å². The molecule has 25 atom stereocenters. The van der Waals surface area contributed by atoms with Crippen molar-refractivity contribution in [1.82, 2.24) is 16.0 Å². The van der Waals surface area contributed by atoms with Crippen LogP contribution in [0.2, 0.25) is 0 Å². The SMILES string of the molecule is CC(=O)N[C@H]1[C@H](O[C@H]2[C@H](O)[C@@H](O)[C@H](O[C@H]3[C@H](O)[C@@H](CO)O[C@@H](O[C@H]4[C@H](O)[C@@H](O)[C@H](O[C@H]5[C@H](O)[C@@H](CO)O[C@@H](OCc6ccc7ccccc7c6)[C@@H]5NC(C)=O)O[C@@H]4C(=O)[O-])[C@@H]3NC(C)=O)O[C@@H]2C(=O)[O-])O[C@H](CO)[C@@H](O)[C@@H]1O.[Na+].[Na+]. The number of aliphatic hydroxyl groups is 11. The zero-order valence-corrected chi connectivity index (χ0v) is 47.7. The van der Waals surface area contributed by atoms with Crippen LogP contribution < -0.4 is 85.3 Å². The number of benzene rings is 2. The summed E-state index contributed by atoms with van der Waals surface area (Å²) in [5.74, 6) is -6.79. The third kappa shape index (κ3) is 15.4. The van der Waals surface area contributed by atoms with Crippen LogP contribution in [0.5, 0.6) is 0 Å². The fourth-order valence-electron chi connectivity index (χ4n) is 9.79. The van der Waals surface area contributed by atoms with E-state index < -0.39 is 203 Å². The number of carbonyl (C=O) groups excluding carboxylic acids is 5. The quantitative estimate of drug-likeness (QED) is 0.0581. The normalized spacial score (nSPS) is 40.1. The second-order valence-corrected chi connectivity index (χ2v) is 19.2. The number of rotatable bonds is 19. The van der Waals surface area contributed by atoms with Crippen molar-refractivity contribution in [3.05, 3.63) is 48.0 Å². The number of hydrogen-bond donors (Lipinski definition) is 14. The second kappa shape index (κ2) is 29.8. The molecule has 0 saturated carbocycles. The number of aliphatic hydroxyl groups excluding tert-OH is 11. The van der Waals surface area contributed by atoms with E-state index in [1.54, 1.807) is 6.07 Å². The summed E-state index contributed by atoms with van der Waals surface area (Å²) in [6.45, 7) is -0.0389.